The maximum absolute atomic E-state index is 7.73. The smallest absolute Gasteiger partial charge is 0.0509 e. The summed E-state index contributed by atoms with van der Waals surface area (Å²) < 4.78 is 0. The molecule has 0 saturated carbocycles. The second-order valence-electron chi connectivity index (χ2n) is 2.78. The Labute approximate surface area is 57.6 Å². The minimum Gasteiger partial charge on any atom is -0.411 e. The van der Waals surface area contributed by atoms with E-state index in [1.807, 2.05) is 0 Å². The predicted molar refractivity (Wildman–Crippen MR) is 41.1 cm³/mol. The Balaban J connectivity index is 0. The molecule has 0 unspecified atom stereocenters. The van der Waals surface area contributed by atoms with Crippen molar-refractivity contribution in [3.63, 3.8) is 0 Å². The van der Waals surface area contributed by atoms with Crippen LogP contribution in [0.3, 0.4) is 0 Å². The first-order valence-electron chi connectivity index (χ1n) is 3.16. The summed E-state index contributed by atoms with van der Waals surface area (Å²) >= 11 is 0. The average Bonchev–Trinajstić information content (AvgIpc) is 1.65. The zero-order valence-corrected chi connectivity index (χ0v) is 6.97. The van der Waals surface area contributed by atoms with Crippen LogP contribution in [-0.4, -0.2) is 10.9 Å². The van der Waals surface area contributed by atoms with Crippen LogP contribution >= 0.6 is 0 Å². The number of rotatable bonds is 0. The zero-order chi connectivity index (χ0) is 7.86. The molecular weight excluding hydrogens is 114 g/mol. The maximum Gasteiger partial charge on any atom is 0.0509 e. The van der Waals surface area contributed by atoms with E-state index in [0.29, 0.717) is 5.71 Å². The van der Waals surface area contributed by atoms with Gasteiger partial charge >= 0.3 is 0 Å². The van der Waals surface area contributed by atoms with Crippen molar-refractivity contribution in [1.82, 2.24) is 0 Å². The molecule has 0 aromatic rings. The fourth-order valence-corrected chi connectivity index (χ4v) is 0. The van der Waals surface area contributed by atoms with E-state index < -0.39 is 0 Å². The van der Waals surface area contributed by atoms with Gasteiger partial charge in [0.2, 0.25) is 0 Å². The topological polar surface area (TPSA) is 32.6 Å². The van der Waals surface area contributed by atoms with Gasteiger partial charge in [0.25, 0.3) is 0 Å². The number of hydrogen-bond donors (Lipinski definition) is 1. The Bertz CT molecular complexity index is 70.2. The van der Waals surface area contributed by atoms with Gasteiger partial charge in [-0.2, -0.15) is 0 Å². The zero-order valence-electron chi connectivity index (χ0n) is 6.97. The summed E-state index contributed by atoms with van der Waals surface area (Å²) in [5.41, 5.74) is 0.685. The third-order valence-corrected chi connectivity index (χ3v) is 0.200. The van der Waals surface area contributed by atoms with E-state index in [1.54, 1.807) is 13.8 Å². The summed E-state index contributed by atoms with van der Waals surface area (Å²) in [6.07, 6.45) is 0. The van der Waals surface area contributed by atoms with Gasteiger partial charge in [0.1, 0.15) is 0 Å². The first kappa shape index (κ1) is 11.3. The Morgan fingerprint density at radius 2 is 1.33 bits per heavy atom. The molecule has 0 heterocycles. The molecule has 0 bridgehead atoms. The number of hydrogen-bond acceptors (Lipinski definition) is 2. The van der Waals surface area contributed by atoms with Gasteiger partial charge in [-0.25, -0.2) is 0 Å². The van der Waals surface area contributed by atoms with Gasteiger partial charge in [-0.05, 0) is 19.8 Å². The van der Waals surface area contributed by atoms with Gasteiger partial charge in [-0.1, -0.05) is 25.9 Å². The summed E-state index contributed by atoms with van der Waals surface area (Å²) in [6.45, 7) is 9.94. The largest absolute Gasteiger partial charge is 0.411 e. The lowest BCUT2D eigenvalue weighted by molar-refractivity contribution is 0.318. The predicted octanol–water partition coefficient (Wildman–Crippen LogP) is 2.52. The van der Waals surface area contributed by atoms with E-state index >= 15 is 0 Å². The normalized spacial score (nSPS) is 7.78. The van der Waals surface area contributed by atoms with Crippen LogP contribution in [0.2, 0.25) is 0 Å². The standard InChI is InChI=1S/C4H10.C3H7NO/c1-4(2)3;1-3(2)4-5/h4H,1-3H3;5H,1-2H3. The minimum atomic E-state index is 0.685. The van der Waals surface area contributed by atoms with Crippen LogP contribution in [0.5, 0.6) is 0 Å². The summed E-state index contributed by atoms with van der Waals surface area (Å²) in [5.74, 6) is 0.833. The Kier molecular flexibility index (Phi) is 9.37. The van der Waals surface area contributed by atoms with E-state index in [-0.39, 0.29) is 0 Å². The van der Waals surface area contributed by atoms with Crippen molar-refractivity contribution in [3.05, 3.63) is 0 Å². The van der Waals surface area contributed by atoms with E-state index in [2.05, 4.69) is 25.9 Å². The van der Waals surface area contributed by atoms with Gasteiger partial charge in [0.15, 0.2) is 0 Å². The molecule has 0 aromatic heterocycles. The van der Waals surface area contributed by atoms with Crippen molar-refractivity contribution in [2.45, 2.75) is 34.6 Å². The molecule has 0 atom stereocenters. The van der Waals surface area contributed by atoms with Gasteiger partial charge in [0.05, 0.1) is 5.71 Å². The Hall–Kier alpha value is -0.530. The molecule has 56 valence electrons. The van der Waals surface area contributed by atoms with Crippen molar-refractivity contribution in [2.24, 2.45) is 11.1 Å². The molecule has 0 spiro atoms. The van der Waals surface area contributed by atoms with E-state index in [1.165, 1.54) is 0 Å². The van der Waals surface area contributed by atoms with Crippen molar-refractivity contribution in [2.75, 3.05) is 0 Å². The van der Waals surface area contributed by atoms with Crippen molar-refractivity contribution < 1.29 is 5.21 Å². The first-order chi connectivity index (χ1) is 4.00. The highest BCUT2D eigenvalue weighted by atomic mass is 16.4. The van der Waals surface area contributed by atoms with Crippen LogP contribution < -0.4 is 0 Å². The quantitative estimate of drug-likeness (QED) is 0.306. The second kappa shape index (κ2) is 7.47. The van der Waals surface area contributed by atoms with Crippen LogP contribution in [0, 0.1) is 5.92 Å². The van der Waals surface area contributed by atoms with E-state index in [0.717, 1.165) is 5.92 Å². The monoisotopic (exact) mass is 131 g/mol. The number of oxime groups is 1. The van der Waals surface area contributed by atoms with Crippen molar-refractivity contribution in [1.29, 1.82) is 0 Å². The third-order valence-electron chi connectivity index (χ3n) is 0.200. The fourth-order valence-electron chi connectivity index (χ4n) is 0. The van der Waals surface area contributed by atoms with E-state index in [9.17, 15) is 0 Å². The SMILES string of the molecule is CC(C)=NO.CC(C)C. The van der Waals surface area contributed by atoms with Crippen LogP contribution in [0.1, 0.15) is 34.6 Å². The van der Waals surface area contributed by atoms with Crippen LogP contribution in [-0.2, 0) is 0 Å². The van der Waals surface area contributed by atoms with Gasteiger partial charge < -0.3 is 5.21 Å². The molecule has 0 rings (SSSR count). The molecule has 2 heteroatoms. The molecule has 0 saturated heterocycles. The molecule has 0 amide bonds. The van der Waals surface area contributed by atoms with Crippen molar-refractivity contribution in [3.8, 4) is 0 Å². The van der Waals surface area contributed by atoms with Gasteiger partial charge in [-0.15, -0.1) is 0 Å². The maximum atomic E-state index is 7.73. The lowest BCUT2D eigenvalue weighted by Crippen LogP contribution is -1.74. The second-order valence-corrected chi connectivity index (χ2v) is 2.78. The summed E-state index contributed by atoms with van der Waals surface area (Å²) in [5, 5.41) is 10.5. The first-order valence-corrected chi connectivity index (χ1v) is 3.16. The molecule has 0 aliphatic rings. The van der Waals surface area contributed by atoms with Crippen LogP contribution in [0.15, 0.2) is 5.16 Å². The molecule has 0 aliphatic carbocycles. The molecule has 0 fully saturated rings. The highest BCUT2D eigenvalue weighted by Gasteiger charge is 1.68. The molecular formula is C7H17NO. The van der Waals surface area contributed by atoms with E-state index in [4.69, 9.17) is 5.21 Å². The molecule has 9 heavy (non-hydrogen) atoms. The minimum absolute atomic E-state index is 0.685. The molecule has 0 radical (unpaired) electrons. The fraction of sp³-hybridized carbons (Fsp3) is 0.857. The van der Waals surface area contributed by atoms with Crippen molar-refractivity contribution >= 4 is 5.71 Å². The molecule has 2 nitrogen and oxygen atoms in total. The average molecular weight is 131 g/mol. The number of nitrogens with zero attached hydrogens (tertiary/aromatic N) is 1. The summed E-state index contributed by atoms with van der Waals surface area (Å²) in [4.78, 5) is 0. The Morgan fingerprint density at radius 1 is 1.22 bits per heavy atom. The van der Waals surface area contributed by atoms with Crippen LogP contribution in [0.4, 0.5) is 0 Å². The van der Waals surface area contributed by atoms with Crippen LogP contribution in [0.25, 0.3) is 0 Å². The Morgan fingerprint density at radius 3 is 1.33 bits per heavy atom. The van der Waals surface area contributed by atoms with Gasteiger partial charge in [0, 0.05) is 0 Å². The lowest BCUT2D eigenvalue weighted by atomic mass is 10.3. The highest BCUT2D eigenvalue weighted by molar-refractivity contribution is 5.78. The molecule has 0 aromatic carbocycles. The summed E-state index contributed by atoms with van der Waals surface area (Å²) in [7, 11) is 0. The third kappa shape index (κ3) is 103. The summed E-state index contributed by atoms with van der Waals surface area (Å²) in [6, 6.07) is 0. The highest BCUT2D eigenvalue weighted by Crippen LogP contribution is 1.81. The molecule has 1 N–H and O–H groups in total. The van der Waals surface area contributed by atoms with Gasteiger partial charge in [-0.3, -0.25) is 0 Å². The molecule has 0 aliphatic heterocycles. The lowest BCUT2D eigenvalue weighted by Gasteiger charge is -1.79.